The third kappa shape index (κ3) is 4.90. The first-order chi connectivity index (χ1) is 11.9. The predicted octanol–water partition coefficient (Wildman–Crippen LogP) is 3.72. The molecule has 1 atom stereocenters. The van der Waals surface area contributed by atoms with Crippen molar-refractivity contribution in [2.75, 3.05) is 6.54 Å². The van der Waals surface area contributed by atoms with Crippen molar-refractivity contribution in [3.05, 3.63) is 29.8 Å². The van der Waals surface area contributed by atoms with Gasteiger partial charge in [0.1, 0.15) is 11.3 Å². The number of rotatable bonds is 9. The number of benzene rings is 1. The maximum atomic E-state index is 12.6. The summed E-state index contributed by atoms with van der Waals surface area (Å²) < 4.78 is 28.6. The minimum absolute atomic E-state index is 0.0947. The quantitative estimate of drug-likeness (QED) is 0.543. The molecule has 2 rings (SSSR count). The second kappa shape index (κ2) is 8.27. The first-order valence-electron chi connectivity index (χ1n) is 8.53. The lowest BCUT2D eigenvalue weighted by atomic mass is 9.93. The van der Waals surface area contributed by atoms with Crippen LogP contribution in [0.15, 0.2) is 24.3 Å². The van der Waals surface area contributed by atoms with Gasteiger partial charge in [0.15, 0.2) is 0 Å². The molecule has 0 radical (unpaired) electrons. The first kappa shape index (κ1) is 19.1. The third-order valence-corrected chi connectivity index (χ3v) is 4.39. The molecule has 1 aromatic rings. The minimum Gasteiger partial charge on any atom is -0.435 e. The molecule has 1 heterocycles. The van der Waals surface area contributed by atoms with Crippen molar-refractivity contribution in [2.45, 2.75) is 58.1 Å². The van der Waals surface area contributed by atoms with Crippen LogP contribution in [-0.4, -0.2) is 35.5 Å². The number of unbranched alkanes of at least 4 members (excludes halogenated alkanes) is 2. The van der Waals surface area contributed by atoms with E-state index in [0.717, 1.165) is 24.8 Å². The molecule has 0 bridgehead atoms. The van der Waals surface area contributed by atoms with Crippen LogP contribution >= 0.6 is 0 Å². The summed E-state index contributed by atoms with van der Waals surface area (Å²) in [6.45, 7) is 1.37. The highest BCUT2D eigenvalue weighted by Crippen LogP contribution is 2.24. The van der Waals surface area contributed by atoms with Gasteiger partial charge in [0.05, 0.1) is 0 Å². The number of hydrogen-bond acceptors (Lipinski definition) is 3. The van der Waals surface area contributed by atoms with Crippen LogP contribution in [-0.2, 0) is 11.2 Å². The van der Waals surface area contributed by atoms with Crippen LogP contribution < -0.4 is 10.1 Å². The Morgan fingerprint density at radius 1 is 1.20 bits per heavy atom. The van der Waals surface area contributed by atoms with Gasteiger partial charge in [0.2, 0.25) is 0 Å². The lowest BCUT2D eigenvalue weighted by molar-refractivity contribution is -0.131. The largest absolute Gasteiger partial charge is 0.435 e. The van der Waals surface area contributed by atoms with Crippen LogP contribution in [0.4, 0.5) is 13.6 Å². The predicted molar refractivity (Wildman–Crippen MR) is 89.6 cm³/mol. The van der Waals surface area contributed by atoms with E-state index in [9.17, 15) is 18.4 Å². The minimum atomic E-state index is -2.85. The molecular weight excluding hydrogens is 330 g/mol. The van der Waals surface area contributed by atoms with Gasteiger partial charge in [-0.25, -0.2) is 4.79 Å². The highest BCUT2D eigenvalue weighted by Gasteiger charge is 2.46. The van der Waals surface area contributed by atoms with Gasteiger partial charge >= 0.3 is 12.6 Å². The summed E-state index contributed by atoms with van der Waals surface area (Å²) in [4.78, 5) is 25.9. The number of alkyl halides is 2. The topological polar surface area (TPSA) is 58.6 Å². The number of nitrogens with one attached hydrogen (secondary N) is 1. The molecule has 1 aliphatic heterocycles. The van der Waals surface area contributed by atoms with Gasteiger partial charge in [0.25, 0.3) is 5.91 Å². The fourth-order valence-electron chi connectivity index (χ4n) is 2.87. The zero-order chi connectivity index (χ0) is 18.4. The molecular formula is C18H24F2N2O3. The number of carbonyl (C=O) groups excluding carboxylic acids is 2. The van der Waals surface area contributed by atoms with E-state index in [1.807, 2.05) is 0 Å². The molecule has 7 heteroatoms. The van der Waals surface area contributed by atoms with Crippen molar-refractivity contribution in [2.24, 2.45) is 0 Å². The van der Waals surface area contributed by atoms with Gasteiger partial charge in [-0.15, -0.1) is 0 Å². The molecule has 0 saturated carbocycles. The van der Waals surface area contributed by atoms with Gasteiger partial charge in [-0.1, -0.05) is 31.9 Å². The molecule has 1 fully saturated rings. The number of carbonyl (C=O) groups is 2. The highest BCUT2D eigenvalue weighted by atomic mass is 19.3. The van der Waals surface area contributed by atoms with Crippen molar-refractivity contribution in [1.82, 2.24) is 10.2 Å². The Morgan fingerprint density at radius 2 is 1.88 bits per heavy atom. The molecule has 1 unspecified atom stereocenters. The summed E-state index contributed by atoms with van der Waals surface area (Å²) in [5.41, 5.74) is -0.0455. The van der Waals surface area contributed by atoms with Crippen LogP contribution in [0, 0.1) is 0 Å². The molecule has 1 aliphatic rings. The summed E-state index contributed by atoms with van der Waals surface area (Å²) in [6, 6.07) is 5.96. The van der Waals surface area contributed by atoms with Crippen LogP contribution in [0.2, 0.25) is 0 Å². The number of imide groups is 1. The van der Waals surface area contributed by atoms with E-state index in [-0.39, 0.29) is 17.7 Å². The van der Waals surface area contributed by atoms with Crippen molar-refractivity contribution >= 4 is 11.9 Å². The molecule has 3 amide bonds. The summed E-state index contributed by atoms with van der Waals surface area (Å²) in [5.74, 6) is -0.108. The van der Waals surface area contributed by atoms with E-state index in [0.29, 0.717) is 19.4 Å². The summed E-state index contributed by atoms with van der Waals surface area (Å²) >= 11 is 0. The molecule has 0 aliphatic carbocycles. The van der Waals surface area contributed by atoms with E-state index in [2.05, 4.69) is 17.0 Å². The van der Waals surface area contributed by atoms with Crippen molar-refractivity contribution in [3.8, 4) is 5.75 Å². The van der Waals surface area contributed by atoms with Crippen molar-refractivity contribution in [1.29, 1.82) is 0 Å². The van der Waals surface area contributed by atoms with E-state index in [1.165, 1.54) is 17.0 Å². The van der Waals surface area contributed by atoms with Gasteiger partial charge in [-0.2, -0.15) is 8.78 Å². The van der Waals surface area contributed by atoms with Crippen molar-refractivity contribution in [3.63, 3.8) is 0 Å². The number of urea groups is 1. The van der Waals surface area contributed by atoms with Crippen molar-refractivity contribution < 1.29 is 23.1 Å². The third-order valence-electron chi connectivity index (χ3n) is 4.39. The molecule has 1 saturated heterocycles. The number of nitrogens with zero attached hydrogens (tertiary/aromatic N) is 1. The smallest absolute Gasteiger partial charge is 0.387 e. The molecule has 1 N–H and O–H groups in total. The zero-order valence-corrected chi connectivity index (χ0v) is 14.6. The van der Waals surface area contributed by atoms with Crippen LogP contribution in [0.5, 0.6) is 5.75 Å². The second-order valence-corrected chi connectivity index (χ2v) is 6.45. The number of ether oxygens (including phenoxy) is 1. The molecule has 5 nitrogen and oxygen atoms in total. The van der Waals surface area contributed by atoms with Gasteiger partial charge < -0.3 is 10.1 Å². The van der Waals surface area contributed by atoms with E-state index in [1.54, 1.807) is 19.1 Å². The average Bonchev–Trinajstić information content (AvgIpc) is 2.77. The molecule has 1 aromatic carbocycles. The monoisotopic (exact) mass is 354 g/mol. The fraction of sp³-hybridized carbons (Fsp3) is 0.556. The Labute approximate surface area is 146 Å². The Morgan fingerprint density at radius 3 is 2.48 bits per heavy atom. The SMILES string of the molecule is CCCCCN1C(=O)NC(C)(CCc2ccc(OC(F)F)cc2)C1=O. The molecule has 138 valence electrons. The normalized spacial score (nSPS) is 20.3. The lowest BCUT2D eigenvalue weighted by Crippen LogP contribution is -2.44. The van der Waals surface area contributed by atoms with Crippen LogP contribution in [0.3, 0.4) is 0 Å². The zero-order valence-electron chi connectivity index (χ0n) is 14.6. The summed E-state index contributed by atoms with van der Waals surface area (Å²) in [5, 5.41) is 2.78. The number of halogens is 2. The number of aryl methyl sites for hydroxylation is 1. The summed E-state index contributed by atoms with van der Waals surface area (Å²) in [7, 11) is 0. The van der Waals surface area contributed by atoms with E-state index >= 15 is 0 Å². The summed E-state index contributed by atoms with van der Waals surface area (Å²) in [6.07, 6.45) is 3.78. The molecule has 0 aromatic heterocycles. The van der Waals surface area contributed by atoms with Crippen LogP contribution in [0.1, 0.15) is 45.1 Å². The molecule has 25 heavy (non-hydrogen) atoms. The second-order valence-electron chi connectivity index (χ2n) is 6.45. The average molecular weight is 354 g/mol. The van der Waals surface area contributed by atoms with E-state index in [4.69, 9.17) is 0 Å². The Balaban J connectivity index is 1.93. The number of hydrogen-bond donors (Lipinski definition) is 1. The maximum Gasteiger partial charge on any atom is 0.387 e. The Kier molecular flexibility index (Phi) is 6.33. The Bertz CT molecular complexity index is 607. The molecule has 0 spiro atoms. The fourth-order valence-corrected chi connectivity index (χ4v) is 2.87. The van der Waals surface area contributed by atoms with Gasteiger partial charge in [-0.05, 0) is 43.9 Å². The van der Waals surface area contributed by atoms with Gasteiger partial charge in [-0.3, -0.25) is 9.69 Å². The maximum absolute atomic E-state index is 12.6. The highest BCUT2D eigenvalue weighted by molar-refractivity contribution is 6.06. The van der Waals surface area contributed by atoms with Gasteiger partial charge in [0, 0.05) is 6.54 Å². The standard InChI is InChI=1S/C18H24F2N2O3/c1-3-4-5-12-22-15(23)18(2,21-17(22)24)11-10-13-6-8-14(9-7-13)25-16(19)20/h6-9,16H,3-5,10-12H2,1-2H3,(H,21,24). The first-order valence-corrected chi connectivity index (χ1v) is 8.53. The van der Waals surface area contributed by atoms with Crippen LogP contribution in [0.25, 0.3) is 0 Å². The van der Waals surface area contributed by atoms with E-state index < -0.39 is 12.2 Å². The lowest BCUT2D eigenvalue weighted by Gasteiger charge is -2.21. The number of amides is 3. The Hall–Kier alpha value is -2.18.